The maximum Gasteiger partial charge on any atom is 0.0693 e. The monoisotopic (exact) mass is 217 g/mol. The number of aryl methyl sites for hydroxylation is 1. The van der Waals surface area contributed by atoms with Crippen molar-refractivity contribution in [2.75, 3.05) is 0 Å². The molecule has 0 aliphatic rings. The van der Waals surface area contributed by atoms with Crippen LogP contribution in [0.4, 0.5) is 0 Å². The molecular formula is C11H11N3S. The molecule has 0 amide bonds. The first-order valence-corrected chi connectivity index (χ1v) is 5.58. The standard InChI is InChI=1S/C11H11N3S/c1-7-9-5-3-4-6-10(9)15-11(7)8(2)13-14-12/h3-6,8H,1-2H3/t8-/m0/s1. The predicted molar refractivity (Wildman–Crippen MR) is 64.1 cm³/mol. The smallest absolute Gasteiger partial charge is 0.0693 e. The van der Waals surface area contributed by atoms with Crippen LogP contribution in [0.15, 0.2) is 29.4 Å². The highest BCUT2D eigenvalue weighted by atomic mass is 32.1. The highest BCUT2D eigenvalue weighted by Crippen LogP contribution is 2.35. The molecule has 0 saturated heterocycles. The fraction of sp³-hybridized carbons (Fsp3) is 0.273. The van der Waals surface area contributed by atoms with E-state index in [1.807, 2.05) is 19.1 Å². The van der Waals surface area contributed by atoms with Crippen molar-refractivity contribution >= 4 is 21.4 Å². The molecule has 1 aromatic heterocycles. The predicted octanol–water partition coefficient (Wildman–Crippen LogP) is 4.58. The molecule has 0 aliphatic heterocycles. The number of thiophene rings is 1. The lowest BCUT2D eigenvalue weighted by molar-refractivity contribution is 0.821. The van der Waals surface area contributed by atoms with Gasteiger partial charge in [-0.2, -0.15) is 0 Å². The van der Waals surface area contributed by atoms with Crippen LogP contribution in [0.3, 0.4) is 0 Å². The van der Waals surface area contributed by atoms with Crippen LogP contribution in [0.25, 0.3) is 20.5 Å². The average molecular weight is 217 g/mol. The third-order valence-electron chi connectivity index (χ3n) is 2.48. The number of azide groups is 1. The molecule has 1 atom stereocenters. The molecule has 0 bridgehead atoms. The molecule has 4 heteroatoms. The summed E-state index contributed by atoms with van der Waals surface area (Å²) >= 11 is 1.71. The van der Waals surface area contributed by atoms with Crippen molar-refractivity contribution in [2.45, 2.75) is 19.9 Å². The summed E-state index contributed by atoms with van der Waals surface area (Å²) in [6.07, 6.45) is 0. The van der Waals surface area contributed by atoms with Crippen molar-refractivity contribution in [3.05, 3.63) is 45.1 Å². The summed E-state index contributed by atoms with van der Waals surface area (Å²) in [5.41, 5.74) is 9.66. The van der Waals surface area contributed by atoms with Crippen LogP contribution in [-0.2, 0) is 0 Å². The fourth-order valence-corrected chi connectivity index (χ4v) is 2.92. The van der Waals surface area contributed by atoms with E-state index >= 15 is 0 Å². The summed E-state index contributed by atoms with van der Waals surface area (Å²) in [5.74, 6) is 0. The van der Waals surface area contributed by atoms with Crippen LogP contribution in [0.5, 0.6) is 0 Å². The molecule has 2 aromatic rings. The molecule has 1 aromatic carbocycles. The van der Waals surface area contributed by atoms with E-state index in [2.05, 4.69) is 29.1 Å². The second kappa shape index (κ2) is 3.93. The number of hydrogen-bond donors (Lipinski definition) is 0. The van der Waals surface area contributed by atoms with Crippen LogP contribution < -0.4 is 0 Å². The number of benzene rings is 1. The zero-order valence-corrected chi connectivity index (χ0v) is 9.45. The SMILES string of the molecule is Cc1c([C@H](C)N=[N+]=[N-])sc2ccccc12. The van der Waals surface area contributed by atoms with Gasteiger partial charge < -0.3 is 0 Å². The summed E-state index contributed by atoms with van der Waals surface area (Å²) in [7, 11) is 0. The normalized spacial score (nSPS) is 12.4. The summed E-state index contributed by atoms with van der Waals surface area (Å²) in [5, 5.41) is 5.00. The topological polar surface area (TPSA) is 48.8 Å². The van der Waals surface area contributed by atoms with E-state index in [9.17, 15) is 0 Å². The van der Waals surface area contributed by atoms with Crippen LogP contribution in [0.1, 0.15) is 23.4 Å². The van der Waals surface area contributed by atoms with Gasteiger partial charge in [-0.1, -0.05) is 30.2 Å². The van der Waals surface area contributed by atoms with Crippen LogP contribution in [-0.4, -0.2) is 0 Å². The van der Waals surface area contributed by atoms with Crippen molar-refractivity contribution in [2.24, 2.45) is 5.11 Å². The Morgan fingerprint density at radius 2 is 2.13 bits per heavy atom. The first-order valence-electron chi connectivity index (χ1n) is 4.76. The van der Waals surface area contributed by atoms with E-state index < -0.39 is 0 Å². The van der Waals surface area contributed by atoms with Gasteiger partial charge in [-0.05, 0) is 29.5 Å². The highest BCUT2D eigenvalue weighted by molar-refractivity contribution is 7.19. The van der Waals surface area contributed by atoms with E-state index in [1.54, 1.807) is 11.3 Å². The minimum atomic E-state index is -0.0765. The molecule has 15 heavy (non-hydrogen) atoms. The third-order valence-corrected chi connectivity index (χ3v) is 3.93. The maximum atomic E-state index is 8.43. The zero-order valence-electron chi connectivity index (χ0n) is 8.64. The van der Waals surface area contributed by atoms with Crippen molar-refractivity contribution in [1.29, 1.82) is 0 Å². The van der Waals surface area contributed by atoms with Crippen LogP contribution >= 0.6 is 11.3 Å². The van der Waals surface area contributed by atoms with Crippen LogP contribution in [0, 0.1) is 6.92 Å². The van der Waals surface area contributed by atoms with Gasteiger partial charge in [0.05, 0.1) is 6.04 Å². The molecule has 0 unspecified atom stereocenters. The second-order valence-electron chi connectivity index (χ2n) is 3.47. The molecular weight excluding hydrogens is 206 g/mol. The second-order valence-corrected chi connectivity index (χ2v) is 4.55. The van der Waals surface area contributed by atoms with Crippen molar-refractivity contribution in [1.82, 2.24) is 0 Å². The molecule has 0 radical (unpaired) electrons. The number of fused-ring (bicyclic) bond motifs is 1. The zero-order chi connectivity index (χ0) is 10.8. The largest absolute Gasteiger partial charge is 0.140 e. The van der Waals surface area contributed by atoms with Gasteiger partial charge in [0.2, 0.25) is 0 Å². The molecule has 1 heterocycles. The molecule has 0 N–H and O–H groups in total. The summed E-state index contributed by atoms with van der Waals surface area (Å²) < 4.78 is 1.25. The quantitative estimate of drug-likeness (QED) is 0.401. The average Bonchev–Trinajstić information content (AvgIpc) is 2.57. The Balaban J connectivity index is 2.62. The lowest BCUT2D eigenvalue weighted by Crippen LogP contribution is -1.85. The van der Waals surface area contributed by atoms with Gasteiger partial charge >= 0.3 is 0 Å². The summed E-state index contributed by atoms with van der Waals surface area (Å²) in [6, 6.07) is 8.18. The lowest BCUT2D eigenvalue weighted by atomic mass is 10.1. The Labute approximate surface area is 92.0 Å². The number of hydrogen-bond acceptors (Lipinski definition) is 2. The Morgan fingerprint density at radius 1 is 1.40 bits per heavy atom. The summed E-state index contributed by atoms with van der Waals surface area (Å²) in [6.45, 7) is 4.01. The third kappa shape index (κ3) is 1.69. The first kappa shape index (κ1) is 10.0. The molecule has 76 valence electrons. The molecule has 0 aliphatic carbocycles. The van der Waals surface area contributed by atoms with E-state index in [4.69, 9.17) is 5.53 Å². The van der Waals surface area contributed by atoms with Crippen molar-refractivity contribution in [3.63, 3.8) is 0 Å². The van der Waals surface area contributed by atoms with Gasteiger partial charge in [0.25, 0.3) is 0 Å². The molecule has 0 spiro atoms. The fourth-order valence-electron chi connectivity index (χ4n) is 1.72. The lowest BCUT2D eigenvalue weighted by Gasteiger charge is -2.01. The highest BCUT2D eigenvalue weighted by Gasteiger charge is 2.12. The Hall–Kier alpha value is -1.51. The molecule has 3 nitrogen and oxygen atoms in total. The van der Waals surface area contributed by atoms with Crippen LogP contribution in [0.2, 0.25) is 0 Å². The number of rotatable bonds is 2. The van der Waals surface area contributed by atoms with E-state index in [0.717, 1.165) is 4.88 Å². The van der Waals surface area contributed by atoms with Gasteiger partial charge in [-0.15, -0.1) is 11.3 Å². The van der Waals surface area contributed by atoms with E-state index in [0.29, 0.717) is 0 Å². The minimum Gasteiger partial charge on any atom is -0.140 e. The summed E-state index contributed by atoms with van der Waals surface area (Å²) in [4.78, 5) is 4.02. The minimum absolute atomic E-state index is 0.0765. The van der Waals surface area contributed by atoms with Gasteiger partial charge in [0.1, 0.15) is 0 Å². The van der Waals surface area contributed by atoms with Gasteiger partial charge in [-0.25, -0.2) is 0 Å². The van der Waals surface area contributed by atoms with E-state index in [1.165, 1.54) is 15.6 Å². The maximum absolute atomic E-state index is 8.43. The molecule has 0 saturated carbocycles. The number of nitrogens with zero attached hydrogens (tertiary/aromatic N) is 3. The van der Waals surface area contributed by atoms with Crippen molar-refractivity contribution in [3.8, 4) is 0 Å². The molecule has 2 rings (SSSR count). The van der Waals surface area contributed by atoms with Crippen molar-refractivity contribution < 1.29 is 0 Å². The van der Waals surface area contributed by atoms with E-state index in [-0.39, 0.29) is 6.04 Å². The van der Waals surface area contributed by atoms with Gasteiger partial charge in [0, 0.05) is 14.5 Å². The first-order chi connectivity index (χ1) is 7.24. The Morgan fingerprint density at radius 3 is 2.80 bits per heavy atom. The van der Waals surface area contributed by atoms with Gasteiger partial charge in [0.15, 0.2) is 0 Å². The molecule has 0 fully saturated rings. The Kier molecular flexibility index (Phi) is 2.62. The van der Waals surface area contributed by atoms with Gasteiger partial charge in [-0.3, -0.25) is 0 Å². The Bertz CT molecular complexity index is 538.